The minimum absolute atomic E-state index is 0.0689. The number of esters is 1. The number of rotatable bonds is 8. The van der Waals surface area contributed by atoms with E-state index in [9.17, 15) is 9.59 Å². The lowest BCUT2D eigenvalue weighted by Gasteiger charge is -2.12. The molecule has 2 aromatic carbocycles. The molecule has 0 atom stereocenters. The highest BCUT2D eigenvalue weighted by atomic mass is 16.5. The van der Waals surface area contributed by atoms with E-state index in [-0.39, 0.29) is 18.2 Å². The van der Waals surface area contributed by atoms with E-state index >= 15 is 0 Å². The molecule has 1 amide bonds. The number of para-hydroxylation sites is 1. The molecule has 0 heterocycles. The molecule has 0 aromatic heterocycles. The molecule has 0 spiro atoms. The minimum atomic E-state index is -0.581. The summed E-state index contributed by atoms with van der Waals surface area (Å²) >= 11 is 0. The third kappa shape index (κ3) is 5.48. The Hall–Kier alpha value is -3.08. The summed E-state index contributed by atoms with van der Waals surface area (Å²) in [5.74, 6) is -0.327. The Labute approximate surface area is 153 Å². The molecule has 0 saturated carbocycles. The lowest BCUT2D eigenvalue weighted by molar-refractivity contribution is -0.139. The van der Waals surface area contributed by atoms with Crippen molar-refractivity contribution in [2.45, 2.75) is 20.3 Å². The summed E-state index contributed by atoms with van der Waals surface area (Å²) in [5.41, 5.74) is 1.21. The molecule has 0 unspecified atom stereocenters. The van der Waals surface area contributed by atoms with Gasteiger partial charge in [-0.3, -0.25) is 4.79 Å². The summed E-state index contributed by atoms with van der Waals surface area (Å²) in [5, 5.41) is 2.65. The Balaban J connectivity index is 2.32. The van der Waals surface area contributed by atoms with Gasteiger partial charge in [-0.25, -0.2) is 4.79 Å². The number of carbonyl (C=O) groups is 2. The first-order valence-electron chi connectivity index (χ1n) is 8.62. The van der Waals surface area contributed by atoms with Gasteiger partial charge in [-0.15, -0.1) is 0 Å². The van der Waals surface area contributed by atoms with Crippen LogP contribution in [-0.2, 0) is 9.53 Å². The molecule has 0 bridgehead atoms. The first kappa shape index (κ1) is 19.2. The highest BCUT2D eigenvalue weighted by molar-refractivity contribution is 6.03. The van der Waals surface area contributed by atoms with Crippen LogP contribution in [0.15, 0.2) is 60.3 Å². The second-order valence-electron chi connectivity index (χ2n) is 5.48. The van der Waals surface area contributed by atoms with Crippen LogP contribution in [0.4, 0.5) is 0 Å². The van der Waals surface area contributed by atoms with Crippen LogP contribution in [0.1, 0.15) is 36.2 Å². The number of hydrogen-bond donors (Lipinski definition) is 1. The Morgan fingerprint density at radius 3 is 2.38 bits per heavy atom. The van der Waals surface area contributed by atoms with Gasteiger partial charge in [-0.2, -0.15) is 0 Å². The number of hydrogen-bond acceptors (Lipinski definition) is 4. The second-order valence-corrected chi connectivity index (χ2v) is 5.48. The van der Waals surface area contributed by atoms with Crippen LogP contribution in [0, 0.1) is 0 Å². The predicted molar refractivity (Wildman–Crippen MR) is 101 cm³/mol. The van der Waals surface area contributed by atoms with Gasteiger partial charge in [-0.1, -0.05) is 43.3 Å². The Morgan fingerprint density at radius 1 is 1.00 bits per heavy atom. The molecular formula is C21H23NO4. The van der Waals surface area contributed by atoms with Gasteiger partial charge >= 0.3 is 5.97 Å². The van der Waals surface area contributed by atoms with E-state index in [1.165, 1.54) is 0 Å². The molecule has 0 fully saturated rings. The lowest BCUT2D eigenvalue weighted by Crippen LogP contribution is -2.28. The van der Waals surface area contributed by atoms with Gasteiger partial charge < -0.3 is 14.8 Å². The van der Waals surface area contributed by atoms with E-state index in [1.807, 2.05) is 44.2 Å². The summed E-state index contributed by atoms with van der Waals surface area (Å²) in [4.78, 5) is 24.8. The Kier molecular flexibility index (Phi) is 7.43. The van der Waals surface area contributed by atoms with Gasteiger partial charge in [0, 0.05) is 11.1 Å². The number of amides is 1. The molecule has 2 aromatic rings. The summed E-state index contributed by atoms with van der Waals surface area (Å²) in [7, 11) is 0. The maximum atomic E-state index is 12.4. The maximum absolute atomic E-state index is 12.4. The monoisotopic (exact) mass is 353 g/mol. The normalized spacial score (nSPS) is 10.9. The third-order valence-electron chi connectivity index (χ3n) is 3.46. The molecule has 5 heteroatoms. The van der Waals surface area contributed by atoms with Crippen molar-refractivity contribution in [2.75, 3.05) is 13.2 Å². The summed E-state index contributed by atoms with van der Waals surface area (Å²) < 4.78 is 10.8. The highest BCUT2D eigenvalue weighted by Gasteiger charge is 2.16. The fraction of sp³-hybridized carbons (Fsp3) is 0.238. The topological polar surface area (TPSA) is 64.6 Å². The third-order valence-corrected chi connectivity index (χ3v) is 3.46. The van der Waals surface area contributed by atoms with Crippen molar-refractivity contribution in [3.05, 3.63) is 71.4 Å². The quantitative estimate of drug-likeness (QED) is 0.579. The van der Waals surface area contributed by atoms with E-state index < -0.39 is 5.97 Å². The van der Waals surface area contributed by atoms with Crippen molar-refractivity contribution in [1.82, 2.24) is 5.32 Å². The van der Waals surface area contributed by atoms with Crippen LogP contribution < -0.4 is 10.1 Å². The zero-order chi connectivity index (χ0) is 18.8. The molecular weight excluding hydrogens is 330 g/mol. The van der Waals surface area contributed by atoms with Crippen molar-refractivity contribution in [2.24, 2.45) is 0 Å². The molecule has 0 radical (unpaired) electrons. The zero-order valence-corrected chi connectivity index (χ0v) is 15.0. The van der Waals surface area contributed by atoms with Crippen molar-refractivity contribution in [3.8, 4) is 5.75 Å². The number of benzene rings is 2. The van der Waals surface area contributed by atoms with Gasteiger partial charge in [-0.05, 0) is 37.6 Å². The number of ether oxygens (including phenoxy) is 2. The van der Waals surface area contributed by atoms with Gasteiger partial charge in [0.2, 0.25) is 0 Å². The smallest absolute Gasteiger partial charge is 0.354 e. The van der Waals surface area contributed by atoms with Crippen molar-refractivity contribution >= 4 is 18.0 Å². The standard InChI is InChI=1S/C21H23NO4/c1-3-14-26-21(24)18(22-20(23)16-10-6-5-7-11-16)15-17-12-8-9-13-19(17)25-4-2/h5-13,15H,3-4,14H2,1-2H3,(H,22,23)/b18-15+. The zero-order valence-electron chi connectivity index (χ0n) is 15.0. The number of carbonyl (C=O) groups excluding carboxylic acids is 2. The van der Waals surface area contributed by atoms with Crippen LogP contribution in [0.25, 0.3) is 6.08 Å². The molecule has 26 heavy (non-hydrogen) atoms. The molecule has 0 aliphatic heterocycles. The van der Waals surface area contributed by atoms with Crippen molar-refractivity contribution in [1.29, 1.82) is 0 Å². The minimum Gasteiger partial charge on any atom is -0.493 e. The molecule has 1 N–H and O–H groups in total. The fourth-order valence-corrected chi connectivity index (χ4v) is 2.24. The molecule has 0 aliphatic carbocycles. The Morgan fingerprint density at radius 2 is 1.69 bits per heavy atom. The SMILES string of the molecule is CCCOC(=O)/C(=C\c1ccccc1OCC)NC(=O)c1ccccc1. The average molecular weight is 353 g/mol. The fourth-order valence-electron chi connectivity index (χ4n) is 2.24. The molecule has 0 aliphatic rings. The van der Waals surface area contributed by atoms with E-state index in [2.05, 4.69) is 5.32 Å². The lowest BCUT2D eigenvalue weighted by atomic mass is 10.1. The first-order valence-corrected chi connectivity index (χ1v) is 8.62. The van der Waals surface area contributed by atoms with Crippen LogP contribution >= 0.6 is 0 Å². The van der Waals surface area contributed by atoms with Crippen LogP contribution in [0.2, 0.25) is 0 Å². The highest BCUT2D eigenvalue weighted by Crippen LogP contribution is 2.21. The van der Waals surface area contributed by atoms with Crippen molar-refractivity contribution < 1.29 is 19.1 Å². The molecule has 136 valence electrons. The van der Waals surface area contributed by atoms with E-state index in [0.29, 0.717) is 29.9 Å². The molecule has 0 saturated heterocycles. The summed E-state index contributed by atoms with van der Waals surface area (Å²) in [6, 6.07) is 16.0. The van der Waals surface area contributed by atoms with Gasteiger partial charge in [0.25, 0.3) is 5.91 Å². The second kappa shape index (κ2) is 10.0. The van der Waals surface area contributed by atoms with Gasteiger partial charge in [0.1, 0.15) is 11.4 Å². The van der Waals surface area contributed by atoms with Crippen molar-refractivity contribution in [3.63, 3.8) is 0 Å². The van der Waals surface area contributed by atoms with Gasteiger partial charge in [0.05, 0.1) is 13.2 Å². The van der Waals surface area contributed by atoms with Crippen LogP contribution in [0.5, 0.6) is 5.75 Å². The molecule has 5 nitrogen and oxygen atoms in total. The predicted octanol–water partition coefficient (Wildman–Crippen LogP) is 3.81. The largest absolute Gasteiger partial charge is 0.493 e. The van der Waals surface area contributed by atoms with Crippen LogP contribution in [-0.4, -0.2) is 25.1 Å². The molecule has 2 rings (SSSR count). The summed E-state index contributed by atoms with van der Waals surface area (Å²) in [6.07, 6.45) is 2.27. The van der Waals surface area contributed by atoms with E-state index in [0.717, 1.165) is 0 Å². The first-order chi connectivity index (χ1) is 12.7. The average Bonchev–Trinajstić information content (AvgIpc) is 2.67. The number of nitrogens with one attached hydrogen (secondary N) is 1. The van der Waals surface area contributed by atoms with E-state index in [4.69, 9.17) is 9.47 Å². The van der Waals surface area contributed by atoms with Gasteiger partial charge in [0.15, 0.2) is 0 Å². The van der Waals surface area contributed by atoms with Crippen LogP contribution in [0.3, 0.4) is 0 Å². The van der Waals surface area contributed by atoms with E-state index in [1.54, 1.807) is 30.3 Å². The summed E-state index contributed by atoms with van der Waals surface area (Å²) in [6.45, 7) is 4.57. The Bertz CT molecular complexity index is 769. The maximum Gasteiger partial charge on any atom is 0.354 e.